The van der Waals surface area contributed by atoms with Gasteiger partial charge in [0.15, 0.2) is 0 Å². The van der Waals surface area contributed by atoms with E-state index in [9.17, 15) is 5.11 Å². The molecular formula is C14H23NO. The van der Waals surface area contributed by atoms with E-state index in [2.05, 4.69) is 25.2 Å². The molecule has 0 aliphatic rings. The van der Waals surface area contributed by atoms with E-state index < -0.39 is 0 Å². The van der Waals surface area contributed by atoms with Crippen molar-refractivity contribution in [1.82, 2.24) is 5.32 Å². The summed E-state index contributed by atoms with van der Waals surface area (Å²) in [5.74, 6) is 0.370. The fourth-order valence-electron chi connectivity index (χ4n) is 1.82. The highest BCUT2D eigenvalue weighted by Gasteiger charge is 2.01. The minimum atomic E-state index is 0.370. The summed E-state index contributed by atoms with van der Waals surface area (Å²) in [5.41, 5.74) is 1.22. The summed E-state index contributed by atoms with van der Waals surface area (Å²) >= 11 is 0. The summed E-state index contributed by atoms with van der Waals surface area (Å²) in [6, 6.07) is 8.14. The molecule has 1 unspecified atom stereocenters. The highest BCUT2D eigenvalue weighted by Crippen LogP contribution is 2.13. The van der Waals surface area contributed by atoms with Gasteiger partial charge in [-0.3, -0.25) is 0 Å². The zero-order chi connectivity index (χ0) is 11.8. The topological polar surface area (TPSA) is 32.3 Å². The average Bonchev–Trinajstić information content (AvgIpc) is 2.26. The molecule has 0 aliphatic heterocycles. The molecule has 0 saturated carbocycles. The summed E-state index contributed by atoms with van der Waals surface area (Å²) in [6.45, 7) is 5.53. The smallest absolute Gasteiger partial charge is 0.115 e. The summed E-state index contributed by atoms with van der Waals surface area (Å²) in [4.78, 5) is 0. The molecule has 0 spiro atoms. The third kappa shape index (κ3) is 5.17. The Morgan fingerprint density at radius 2 is 2.19 bits per heavy atom. The van der Waals surface area contributed by atoms with Gasteiger partial charge >= 0.3 is 0 Å². The van der Waals surface area contributed by atoms with Gasteiger partial charge in [-0.15, -0.1) is 0 Å². The number of phenolic OH excluding ortho intramolecular Hbond substituents is 1. The molecule has 0 radical (unpaired) electrons. The number of aryl methyl sites for hydroxylation is 1. The first-order valence-electron chi connectivity index (χ1n) is 6.23. The van der Waals surface area contributed by atoms with Crippen molar-refractivity contribution < 1.29 is 5.11 Å². The van der Waals surface area contributed by atoms with E-state index in [-0.39, 0.29) is 0 Å². The molecule has 2 nitrogen and oxygen atoms in total. The second kappa shape index (κ2) is 7.29. The summed E-state index contributed by atoms with van der Waals surface area (Å²) in [6.07, 6.45) is 4.60. The molecule has 1 aromatic carbocycles. The van der Waals surface area contributed by atoms with Crippen molar-refractivity contribution in [2.45, 2.75) is 45.6 Å². The minimum absolute atomic E-state index is 0.370. The summed E-state index contributed by atoms with van der Waals surface area (Å²) in [5, 5.41) is 12.8. The van der Waals surface area contributed by atoms with Gasteiger partial charge in [-0.05, 0) is 56.8 Å². The van der Waals surface area contributed by atoms with Gasteiger partial charge in [0.25, 0.3) is 0 Å². The van der Waals surface area contributed by atoms with Crippen molar-refractivity contribution >= 4 is 0 Å². The first kappa shape index (κ1) is 13.0. The number of rotatable bonds is 7. The highest BCUT2D eigenvalue weighted by atomic mass is 16.3. The second-order valence-electron chi connectivity index (χ2n) is 4.42. The third-order valence-electron chi connectivity index (χ3n) is 2.76. The predicted octanol–water partition coefficient (Wildman–Crippen LogP) is 3.10. The predicted molar refractivity (Wildman–Crippen MR) is 68.8 cm³/mol. The Bertz CT molecular complexity index is 299. The molecule has 0 aliphatic carbocycles. The van der Waals surface area contributed by atoms with E-state index in [0.29, 0.717) is 11.8 Å². The zero-order valence-corrected chi connectivity index (χ0v) is 10.4. The number of nitrogens with one attached hydrogen (secondary N) is 1. The fraction of sp³-hybridized carbons (Fsp3) is 0.571. The van der Waals surface area contributed by atoms with Crippen LogP contribution in [0.5, 0.6) is 5.75 Å². The number of hydrogen-bond donors (Lipinski definition) is 2. The fourth-order valence-corrected chi connectivity index (χ4v) is 1.82. The van der Waals surface area contributed by atoms with Gasteiger partial charge in [-0.25, -0.2) is 0 Å². The van der Waals surface area contributed by atoms with Crippen molar-refractivity contribution in [3.8, 4) is 5.75 Å². The Kier molecular flexibility index (Phi) is 5.94. The number of phenols is 1. The first-order chi connectivity index (χ1) is 7.72. The minimum Gasteiger partial charge on any atom is -0.508 e. The van der Waals surface area contributed by atoms with Gasteiger partial charge in [-0.1, -0.05) is 19.1 Å². The van der Waals surface area contributed by atoms with E-state index in [1.54, 1.807) is 6.07 Å². The van der Waals surface area contributed by atoms with Crippen LogP contribution in [0, 0.1) is 0 Å². The van der Waals surface area contributed by atoms with Crippen LogP contribution >= 0.6 is 0 Å². The van der Waals surface area contributed by atoms with Crippen molar-refractivity contribution in [3.63, 3.8) is 0 Å². The van der Waals surface area contributed by atoms with Crippen LogP contribution in [0.2, 0.25) is 0 Å². The normalized spacial score (nSPS) is 12.6. The van der Waals surface area contributed by atoms with E-state index >= 15 is 0 Å². The van der Waals surface area contributed by atoms with Gasteiger partial charge < -0.3 is 10.4 Å². The molecule has 2 N–H and O–H groups in total. The Labute approximate surface area is 98.7 Å². The molecule has 1 aromatic rings. The van der Waals surface area contributed by atoms with Crippen LogP contribution in [0.15, 0.2) is 24.3 Å². The maximum Gasteiger partial charge on any atom is 0.115 e. The zero-order valence-electron chi connectivity index (χ0n) is 10.4. The Hall–Kier alpha value is -1.02. The number of hydrogen-bond acceptors (Lipinski definition) is 2. The standard InChI is InChI=1S/C14H23NO/c1-3-10-15-12(2)6-4-7-13-8-5-9-14(16)11-13/h5,8-9,11-12,15-16H,3-4,6-7,10H2,1-2H3. The van der Waals surface area contributed by atoms with Gasteiger partial charge in [0, 0.05) is 6.04 Å². The lowest BCUT2D eigenvalue weighted by atomic mass is 10.1. The van der Waals surface area contributed by atoms with Crippen molar-refractivity contribution in [3.05, 3.63) is 29.8 Å². The second-order valence-corrected chi connectivity index (χ2v) is 4.42. The number of benzene rings is 1. The highest BCUT2D eigenvalue weighted by molar-refractivity contribution is 5.27. The number of aromatic hydroxyl groups is 1. The van der Waals surface area contributed by atoms with Gasteiger partial charge in [0.1, 0.15) is 5.75 Å². The maximum atomic E-state index is 9.33. The van der Waals surface area contributed by atoms with Crippen molar-refractivity contribution in [1.29, 1.82) is 0 Å². The quantitative estimate of drug-likeness (QED) is 0.741. The van der Waals surface area contributed by atoms with Gasteiger partial charge in [0.05, 0.1) is 0 Å². The lowest BCUT2D eigenvalue weighted by Crippen LogP contribution is -2.26. The molecule has 1 atom stereocenters. The molecule has 0 heterocycles. The molecule has 0 aromatic heterocycles. The van der Waals surface area contributed by atoms with Crippen molar-refractivity contribution in [2.24, 2.45) is 0 Å². The summed E-state index contributed by atoms with van der Waals surface area (Å²) in [7, 11) is 0. The summed E-state index contributed by atoms with van der Waals surface area (Å²) < 4.78 is 0. The first-order valence-corrected chi connectivity index (χ1v) is 6.23. The van der Waals surface area contributed by atoms with E-state index in [1.165, 1.54) is 24.8 Å². The third-order valence-corrected chi connectivity index (χ3v) is 2.76. The Morgan fingerprint density at radius 3 is 2.88 bits per heavy atom. The van der Waals surface area contributed by atoms with Crippen LogP contribution in [0.25, 0.3) is 0 Å². The largest absolute Gasteiger partial charge is 0.508 e. The Morgan fingerprint density at radius 1 is 1.38 bits per heavy atom. The molecular weight excluding hydrogens is 198 g/mol. The molecule has 90 valence electrons. The van der Waals surface area contributed by atoms with Crippen LogP contribution in [-0.4, -0.2) is 17.7 Å². The molecule has 16 heavy (non-hydrogen) atoms. The van der Waals surface area contributed by atoms with Crippen LogP contribution in [0.4, 0.5) is 0 Å². The average molecular weight is 221 g/mol. The monoisotopic (exact) mass is 221 g/mol. The van der Waals surface area contributed by atoms with Crippen molar-refractivity contribution in [2.75, 3.05) is 6.54 Å². The van der Waals surface area contributed by atoms with Crippen LogP contribution in [0.1, 0.15) is 38.7 Å². The SMILES string of the molecule is CCCNC(C)CCCc1cccc(O)c1. The maximum absolute atomic E-state index is 9.33. The van der Waals surface area contributed by atoms with E-state index in [4.69, 9.17) is 0 Å². The molecule has 0 amide bonds. The van der Waals surface area contributed by atoms with E-state index in [1.807, 2.05) is 12.1 Å². The molecule has 1 rings (SSSR count). The molecule has 0 fully saturated rings. The molecule has 0 saturated heterocycles. The van der Waals surface area contributed by atoms with Crippen LogP contribution < -0.4 is 5.32 Å². The van der Waals surface area contributed by atoms with E-state index in [0.717, 1.165) is 13.0 Å². The lowest BCUT2D eigenvalue weighted by Gasteiger charge is -2.12. The van der Waals surface area contributed by atoms with Crippen LogP contribution in [-0.2, 0) is 6.42 Å². The lowest BCUT2D eigenvalue weighted by molar-refractivity contribution is 0.473. The van der Waals surface area contributed by atoms with Gasteiger partial charge in [-0.2, -0.15) is 0 Å². The Balaban J connectivity index is 2.20. The van der Waals surface area contributed by atoms with Crippen LogP contribution in [0.3, 0.4) is 0 Å². The van der Waals surface area contributed by atoms with Gasteiger partial charge in [0.2, 0.25) is 0 Å². The molecule has 0 bridgehead atoms. The molecule has 2 heteroatoms.